The van der Waals surface area contributed by atoms with E-state index >= 15 is 0 Å². The Kier molecular flexibility index (Phi) is 5.39. The van der Waals surface area contributed by atoms with Gasteiger partial charge in [-0.25, -0.2) is 4.98 Å². The average molecular weight is 401 g/mol. The highest BCUT2D eigenvalue weighted by atomic mass is 32.1. The van der Waals surface area contributed by atoms with Gasteiger partial charge in [0.05, 0.1) is 16.3 Å². The van der Waals surface area contributed by atoms with Gasteiger partial charge in [-0.3, -0.25) is 19.7 Å². The normalized spacial score (nSPS) is 10.7. The van der Waals surface area contributed by atoms with Gasteiger partial charge >= 0.3 is 0 Å². The number of pyridine rings is 3. The smallest absolute Gasteiger partial charge is 0.280 e. The van der Waals surface area contributed by atoms with E-state index in [0.29, 0.717) is 11.6 Å². The Hall–Kier alpha value is -3.45. The van der Waals surface area contributed by atoms with Crippen LogP contribution in [0.4, 0.5) is 0 Å². The van der Waals surface area contributed by atoms with E-state index in [1.54, 1.807) is 24.8 Å². The van der Waals surface area contributed by atoms with E-state index in [0.717, 1.165) is 38.6 Å². The number of aromatic nitrogens is 4. The number of amides is 1. The van der Waals surface area contributed by atoms with E-state index < -0.39 is 0 Å². The van der Waals surface area contributed by atoms with Gasteiger partial charge < -0.3 is 5.32 Å². The maximum atomic E-state index is 12.5. The maximum Gasteiger partial charge on any atom is 0.280 e. The Morgan fingerprint density at radius 3 is 2.66 bits per heavy atom. The van der Waals surface area contributed by atoms with Crippen LogP contribution < -0.4 is 5.32 Å². The lowest BCUT2D eigenvalue weighted by Gasteiger charge is -2.09. The van der Waals surface area contributed by atoms with E-state index in [2.05, 4.69) is 25.3 Å². The second kappa shape index (κ2) is 8.28. The first kappa shape index (κ1) is 18.9. The molecule has 0 saturated carbocycles. The van der Waals surface area contributed by atoms with Crippen LogP contribution in [-0.4, -0.2) is 25.8 Å². The zero-order chi connectivity index (χ0) is 20.2. The number of hydrogen-bond acceptors (Lipinski definition) is 6. The number of rotatable bonds is 5. The lowest BCUT2D eigenvalue weighted by Crippen LogP contribution is -2.22. The van der Waals surface area contributed by atoms with Crippen molar-refractivity contribution < 1.29 is 4.79 Å². The third kappa shape index (κ3) is 4.35. The van der Waals surface area contributed by atoms with Gasteiger partial charge in [-0.15, -0.1) is 11.3 Å². The minimum atomic E-state index is -0.205. The molecule has 29 heavy (non-hydrogen) atoms. The average Bonchev–Trinajstić information content (AvgIpc) is 3.23. The van der Waals surface area contributed by atoms with Crippen molar-refractivity contribution in [3.05, 3.63) is 83.0 Å². The minimum Gasteiger partial charge on any atom is -0.346 e. The van der Waals surface area contributed by atoms with Crippen molar-refractivity contribution in [2.75, 3.05) is 0 Å². The number of nitrogens with one attached hydrogen (secondary N) is 1. The first-order valence-electron chi connectivity index (χ1n) is 9.14. The molecule has 0 atom stereocenters. The highest BCUT2D eigenvalue weighted by Crippen LogP contribution is 2.24. The molecular weight excluding hydrogens is 382 g/mol. The van der Waals surface area contributed by atoms with Crippen LogP contribution in [0.3, 0.4) is 0 Å². The lowest BCUT2D eigenvalue weighted by atomic mass is 10.1. The molecule has 0 radical (unpaired) electrons. The predicted molar refractivity (Wildman–Crippen MR) is 113 cm³/mol. The largest absolute Gasteiger partial charge is 0.346 e. The zero-order valence-corrected chi connectivity index (χ0v) is 16.9. The summed E-state index contributed by atoms with van der Waals surface area (Å²) in [5.41, 5.74) is 5.71. The molecule has 0 spiro atoms. The SMILES string of the molecule is Cc1cc(-c2ncc(CNC(=O)c3ncc(-c4ccccn4)s3)cc2C)ccn1. The van der Waals surface area contributed by atoms with Crippen molar-refractivity contribution in [2.24, 2.45) is 0 Å². The van der Waals surface area contributed by atoms with Crippen molar-refractivity contribution in [3.63, 3.8) is 0 Å². The third-order valence-electron chi connectivity index (χ3n) is 4.38. The van der Waals surface area contributed by atoms with E-state index in [-0.39, 0.29) is 5.91 Å². The van der Waals surface area contributed by atoms with Crippen molar-refractivity contribution in [3.8, 4) is 21.8 Å². The lowest BCUT2D eigenvalue weighted by molar-refractivity contribution is 0.0950. The molecule has 0 unspecified atom stereocenters. The quantitative estimate of drug-likeness (QED) is 0.542. The van der Waals surface area contributed by atoms with Gasteiger partial charge in [0.15, 0.2) is 5.01 Å². The minimum absolute atomic E-state index is 0.205. The van der Waals surface area contributed by atoms with Crippen LogP contribution in [0.25, 0.3) is 21.8 Å². The number of hydrogen-bond donors (Lipinski definition) is 1. The summed E-state index contributed by atoms with van der Waals surface area (Å²) in [7, 11) is 0. The van der Waals surface area contributed by atoms with Gasteiger partial charge in [0.1, 0.15) is 0 Å². The molecule has 7 heteroatoms. The first-order valence-corrected chi connectivity index (χ1v) is 9.96. The number of thiazole rings is 1. The second-order valence-electron chi connectivity index (χ2n) is 6.62. The summed E-state index contributed by atoms with van der Waals surface area (Å²) in [6.07, 6.45) is 6.98. The summed E-state index contributed by atoms with van der Waals surface area (Å²) in [6.45, 7) is 4.37. The molecule has 144 valence electrons. The van der Waals surface area contributed by atoms with Crippen LogP contribution in [0, 0.1) is 13.8 Å². The second-order valence-corrected chi connectivity index (χ2v) is 7.65. The first-order chi connectivity index (χ1) is 14.1. The predicted octanol–water partition coefficient (Wildman–Crippen LogP) is 4.21. The molecule has 4 rings (SSSR count). The van der Waals surface area contributed by atoms with Gasteiger partial charge in [-0.05, 0) is 49.2 Å². The highest BCUT2D eigenvalue weighted by molar-refractivity contribution is 7.16. The summed E-state index contributed by atoms with van der Waals surface area (Å²) < 4.78 is 0. The summed E-state index contributed by atoms with van der Waals surface area (Å²) in [6, 6.07) is 11.7. The van der Waals surface area contributed by atoms with Crippen molar-refractivity contribution >= 4 is 17.2 Å². The molecule has 0 aliphatic heterocycles. The molecule has 0 aromatic carbocycles. The molecule has 1 amide bonds. The van der Waals surface area contributed by atoms with E-state index in [1.807, 2.05) is 50.2 Å². The highest BCUT2D eigenvalue weighted by Gasteiger charge is 2.13. The fourth-order valence-electron chi connectivity index (χ4n) is 2.99. The summed E-state index contributed by atoms with van der Waals surface area (Å²) in [4.78, 5) is 30.7. The van der Waals surface area contributed by atoms with Crippen LogP contribution in [0.1, 0.15) is 26.6 Å². The number of carbonyl (C=O) groups excluding carboxylic acids is 1. The molecule has 0 saturated heterocycles. The monoisotopic (exact) mass is 401 g/mol. The van der Waals surface area contributed by atoms with Crippen molar-refractivity contribution in [1.29, 1.82) is 0 Å². The number of carbonyl (C=O) groups is 1. The molecule has 0 bridgehead atoms. The molecule has 0 fully saturated rings. The van der Waals surface area contributed by atoms with Crippen molar-refractivity contribution in [1.82, 2.24) is 25.3 Å². The van der Waals surface area contributed by atoms with Gasteiger partial charge in [0.2, 0.25) is 0 Å². The van der Waals surface area contributed by atoms with Gasteiger partial charge in [0.25, 0.3) is 5.91 Å². The fraction of sp³-hybridized carbons (Fsp3) is 0.136. The number of nitrogens with zero attached hydrogens (tertiary/aromatic N) is 4. The maximum absolute atomic E-state index is 12.5. The van der Waals surface area contributed by atoms with Crippen LogP contribution in [0.15, 0.2) is 61.2 Å². The zero-order valence-electron chi connectivity index (χ0n) is 16.1. The summed E-state index contributed by atoms with van der Waals surface area (Å²) in [5.74, 6) is -0.205. The standard InChI is InChI=1S/C22H19N5OS/c1-14-9-16(11-25-20(14)17-6-8-23-15(2)10-17)12-26-21(28)22-27-13-19(29-22)18-5-3-4-7-24-18/h3-11,13H,12H2,1-2H3,(H,26,28). The Morgan fingerprint density at radius 2 is 1.90 bits per heavy atom. The fourth-order valence-corrected chi connectivity index (χ4v) is 3.80. The third-order valence-corrected chi connectivity index (χ3v) is 5.39. The van der Waals surface area contributed by atoms with Crippen LogP contribution in [0.2, 0.25) is 0 Å². The molecule has 4 aromatic heterocycles. The van der Waals surface area contributed by atoms with Crippen LogP contribution in [-0.2, 0) is 6.54 Å². The van der Waals surface area contributed by atoms with E-state index in [9.17, 15) is 4.79 Å². The molecule has 0 aliphatic rings. The van der Waals surface area contributed by atoms with E-state index in [4.69, 9.17) is 0 Å². The molecular formula is C22H19N5OS. The molecule has 4 aromatic rings. The Morgan fingerprint density at radius 1 is 1.00 bits per heavy atom. The number of aryl methyl sites for hydroxylation is 2. The Bertz CT molecular complexity index is 1160. The Labute approximate surface area is 172 Å². The van der Waals surface area contributed by atoms with E-state index in [1.165, 1.54) is 11.3 Å². The summed E-state index contributed by atoms with van der Waals surface area (Å²) >= 11 is 1.33. The van der Waals surface area contributed by atoms with Crippen molar-refractivity contribution in [2.45, 2.75) is 20.4 Å². The van der Waals surface area contributed by atoms with Gasteiger partial charge in [0, 0.05) is 42.6 Å². The Balaban J connectivity index is 1.43. The molecule has 6 nitrogen and oxygen atoms in total. The van der Waals surface area contributed by atoms with Crippen LogP contribution in [0.5, 0.6) is 0 Å². The summed E-state index contributed by atoms with van der Waals surface area (Å²) in [5, 5.41) is 3.33. The van der Waals surface area contributed by atoms with Gasteiger partial charge in [-0.1, -0.05) is 12.1 Å². The van der Waals surface area contributed by atoms with Gasteiger partial charge in [-0.2, -0.15) is 0 Å². The molecule has 0 aliphatic carbocycles. The molecule has 1 N–H and O–H groups in total. The van der Waals surface area contributed by atoms with Crippen LogP contribution >= 0.6 is 11.3 Å². The topological polar surface area (TPSA) is 80.7 Å². The molecule has 4 heterocycles.